The van der Waals surface area contributed by atoms with Gasteiger partial charge in [-0.3, -0.25) is 18.7 Å². The molecule has 4 aromatic rings. The summed E-state index contributed by atoms with van der Waals surface area (Å²) in [5, 5.41) is 10.8. The van der Waals surface area contributed by atoms with Gasteiger partial charge < -0.3 is 10.1 Å². The number of amides is 1. The number of aryl methyl sites for hydroxylation is 2. The number of anilines is 1. The number of thiazole rings is 1. The Balaban J connectivity index is 1.63. The van der Waals surface area contributed by atoms with Gasteiger partial charge in [0.2, 0.25) is 5.91 Å². The molecular weight excluding hydrogens is 398 g/mol. The monoisotopic (exact) mass is 415 g/mol. The molecule has 0 aliphatic heterocycles. The predicted octanol–water partition coefficient (Wildman–Crippen LogP) is 0.394. The first-order valence-electron chi connectivity index (χ1n) is 8.54. The Kier molecular flexibility index (Phi) is 4.42. The van der Waals surface area contributed by atoms with Crippen molar-refractivity contribution in [2.24, 2.45) is 14.1 Å². The zero-order valence-electron chi connectivity index (χ0n) is 16.1. The second-order valence-electron chi connectivity index (χ2n) is 6.48. The van der Waals surface area contributed by atoms with E-state index in [1.165, 1.54) is 34.7 Å². The summed E-state index contributed by atoms with van der Waals surface area (Å²) in [6.45, 7) is 1.68. The van der Waals surface area contributed by atoms with E-state index in [-0.39, 0.29) is 17.7 Å². The van der Waals surface area contributed by atoms with Crippen LogP contribution in [0, 0.1) is 6.92 Å². The van der Waals surface area contributed by atoms with Gasteiger partial charge in [0.15, 0.2) is 16.3 Å². The van der Waals surface area contributed by atoms with Crippen molar-refractivity contribution in [1.29, 1.82) is 0 Å². The number of hydrogen-bond donors (Lipinski definition) is 1. The first-order chi connectivity index (χ1) is 13.8. The van der Waals surface area contributed by atoms with Crippen LogP contribution in [0.1, 0.15) is 5.56 Å². The van der Waals surface area contributed by atoms with Gasteiger partial charge in [0, 0.05) is 20.2 Å². The molecule has 150 valence electrons. The van der Waals surface area contributed by atoms with Gasteiger partial charge in [0.1, 0.15) is 12.3 Å². The van der Waals surface area contributed by atoms with Crippen LogP contribution in [0.25, 0.3) is 21.4 Å². The first kappa shape index (κ1) is 18.8. The molecule has 0 saturated carbocycles. The maximum Gasteiger partial charge on any atom is 0.332 e. The number of ether oxygens (including phenoxy) is 1. The molecule has 1 aromatic carbocycles. The van der Waals surface area contributed by atoms with E-state index in [1.54, 1.807) is 7.11 Å². The number of methoxy groups -OCH3 is 1. The SMILES string of the molecule is COc1cc2nc(NC(=O)Cn3nnc4c3c(=O)n(C)c(=O)n4C)sc2cc1C. The third kappa shape index (κ3) is 3.06. The molecule has 0 radical (unpaired) electrons. The highest BCUT2D eigenvalue weighted by Gasteiger charge is 2.18. The van der Waals surface area contributed by atoms with Crippen molar-refractivity contribution in [3.05, 3.63) is 38.5 Å². The van der Waals surface area contributed by atoms with Crippen molar-refractivity contribution < 1.29 is 9.53 Å². The van der Waals surface area contributed by atoms with Crippen LogP contribution in [0.3, 0.4) is 0 Å². The van der Waals surface area contributed by atoms with Gasteiger partial charge in [-0.05, 0) is 18.6 Å². The quantitative estimate of drug-likeness (QED) is 0.511. The third-order valence-corrected chi connectivity index (χ3v) is 5.49. The summed E-state index contributed by atoms with van der Waals surface area (Å²) in [5.74, 6) is 0.298. The van der Waals surface area contributed by atoms with Crippen LogP contribution in [0.2, 0.25) is 0 Å². The lowest BCUT2D eigenvalue weighted by molar-refractivity contribution is -0.116. The number of carbonyl (C=O) groups is 1. The molecule has 1 N–H and O–H groups in total. The highest BCUT2D eigenvalue weighted by Crippen LogP contribution is 2.31. The van der Waals surface area contributed by atoms with Crippen molar-refractivity contribution in [2.45, 2.75) is 13.5 Å². The molecule has 1 amide bonds. The minimum atomic E-state index is -0.566. The summed E-state index contributed by atoms with van der Waals surface area (Å²) in [5.41, 5.74) is 0.797. The molecule has 0 spiro atoms. The second kappa shape index (κ2) is 6.81. The van der Waals surface area contributed by atoms with Gasteiger partial charge >= 0.3 is 5.69 Å². The first-order valence-corrected chi connectivity index (χ1v) is 9.36. The van der Waals surface area contributed by atoms with Crippen molar-refractivity contribution in [1.82, 2.24) is 29.1 Å². The Hall–Kier alpha value is -3.54. The van der Waals surface area contributed by atoms with Gasteiger partial charge in [0.05, 0.1) is 17.3 Å². The second-order valence-corrected chi connectivity index (χ2v) is 7.51. The summed E-state index contributed by atoms with van der Waals surface area (Å²) in [6, 6.07) is 3.75. The highest BCUT2D eigenvalue weighted by atomic mass is 32.1. The maximum atomic E-state index is 12.5. The highest BCUT2D eigenvalue weighted by molar-refractivity contribution is 7.22. The van der Waals surface area contributed by atoms with E-state index in [1.807, 2.05) is 19.1 Å². The van der Waals surface area contributed by atoms with Gasteiger partial charge in [0.25, 0.3) is 5.56 Å². The Morgan fingerprint density at radius 2 is 2.00 bits per heavy atom. The average Bonchev–Trinajstić information content (AvgIpc) is 3.27. The Morgan fingerprint density at radius 1 is 1.24 bits per heavy atom. The Bertz CT molecular complexity index is 1400. The molecule has 0 saturated heterocycles. The molecule has 4 rings (SSSR count). The molecule has 0 bridgehead atoms. The minimum absolute atomic E-state index is 0.0782. The number of carbonyl (C=O) groups excluding carboxylic acids is 1. The molecular formula is C17H17N7O4S. The van der Waals surface area contributed by atoms with E-state index in [0.29, 0.717) is 10.6 Å². The summed E-state index contributed by atoms with van der Waals surface area (Å²) in [4.78, 5) is 41.3. The lowest BCUT2D eigenvalue weighted by atomic mass is 10.2. The average molecular weight is 415 g/mol. The van der Waals surface area contributed by atoms with E-state index >= 15 is 0 Å². The fourth-order valence-corrected chi connectivity index (χ4v) is 3.99. The van der Waals surface area contributed by atoms with E-state index in [2.05, 4.69) is 20.6 Å². The zero-order chi connectivity index (χ0) is 20.9. The molecule has 0 unspecified atom stereocenters. The normalized spacial score (nSPS) is 11.3. The molecule has 11 nitrogen and oxygen atoms in total. The summed E-state index contributed by atoms with van der Waals surface area (Å²) in [7, 11) is 4.44. The molecule has 3 aromatic heterocycles. The lowest BCUT2D eigenvalue weighted by Crippen LogP contribution is -2.38. The number of nitrogens with one attached hydrogen (secondary N) is 1. The summed E-state index contributed by atoms with van der Waals surface area (Å²) < 4.78 is 9.54. The summed E-state index contributed by atoms with van der Waals surface area (Å²) in [6.07, 6.45) is 0. The fraction of sp³-hybridized carbons (Fsp3) is 0.294. The van der Waals surface area contributed by atoms with Crippen LogP contribution < -0.4 is 21.3 Å². The van der Waals surface area contributed by atoms with Gasteiger partial charge in [-0.1, -0.05) is 16.6 Å². The van der Waals surface area contributed by atoms with E-state index in [9.17, 15) is 14.4 Å². The zero-order valence-corrected chi connectivity index (χ0v) is 16.9. The lowest BCUT2D eigenvalue weighted by Gasteiger charge is -2.04. The van der Waals surface area contributed by atoms with Gasteiger partial charge in [-0.25, -0.2) is 14.5 Å². The van der Waals surface area contributed by atoms with Crippen molar-refractivity contribution in [2.75, 3.05) is 12.4 Å². The van der Waals surface area contributed by atoms with Crippen LogP contribution in [0.5, 0.6) is 5.75 Å². The predicted molar refractivity (Wildman–Crippen MR) is 108 cm³/mol. The largest absolute Gasteiger partial charge is 0.496 e. The van der Waals surface area contributed by atoms with Crippen LogP contribution in [-0.4, -0.2) is 42.1 Å². The third-order valence-electron chi connectivity index (χ3n) is 4.56. The summed E-state index contributed by atoms with van der Waals surface area (Å²) >= 11 is 1.33. The molecule has 0 fully saturated rings. The van der Waals surface area contributed by atoms with Crippen molar-refractivity contribution >= 4 is 43.8 Å². The van der Waals surface area contributed by atoms with Gasteiger partial charge in [-0.2, -0.15) is 0 Å². The van der Waals surface area contributed by atoms with Crippen LogP contribution >= 0.6 is 11.3 Å². The Morgan fingerprint density at radius 3 is 2.72 bits per heavy atom. The number of benzene rings is 1. The number of hydrogen-bond acceptors (Lipinski definition) is 8. The standard InChI is InChI=1S/C17H17N7O4S/c1-8-5-11-9(6-10(8)28-4)18-16(29-11)19-12(25)7-24-13-14(20-21-24)22(2)17(27)23(3)15(13)26/h5-6H,7H2,1-4H3,(H,18,19,25). The smallest absolute Gasteiger partial charge is 0.332 e. The number of nitrogens with zero attached hydrogens (tertiary/aromatic N) is 6. The molecule has 0 aliphatic carbocycles. The Labute approximate surface area is 167 Å². The van der Waals surface area contributed by atoms with E-state index in [4.69, 9.17) is 4.74 Å². The van der Waals surface area contributed by atoms with Crippen LogP contribution in [-0.2, 0) is 25.4 Å². The fourth-order valence-electron chi connectivity index (χ4n) is 3.03. The van der Waals surface area contributed by atoms with Crippen LogP contribution in [0.15, 0.2) is 21.7 Å². The van der Waals surface area contributed by atoms with E-state index in [0.717, 1.165) is 20.6 Å². The number of aromatic nitrogens is 6. The minimum Gasteiger partial charge on any atom is -0.496 e. The number of rotatable bonds is 4. The molecule has 0 atom stereocenters. The van der Waals surface area contributed by atoms with Crippen LogP contribution in [0.4, 0.5) is 5.13 Å². The molecule has 0 aliphatic rings. The molecule has 29 heavy (non-hydrogen) atoms. The van der Waals surface area contributed by atoms with Crippen molar-refractivity contribution in [3.63, 3.8) is 0 Å². The van der Waals surface area contributed by atoms with E-state index < -0.39 is 17.2 Å². The van der Waals surface area contributed by atoms with Crippen molar-refractivity contribution in [3.8, 4) is 5.75 Å². The number of fused-ring (bicyclic) bond motifs is 2. The topological polar surface area (TPSA) is 126 Å². The molecule has 3 heterocycles. The maximum absolute atomic E-state index is 12.5. The van der Waals surface area contributed by atoms with Gasteiger partial charge in [-0.15, -0.1) is 5.10 Å². The molecule has 12 heteroatoms.